The van der Waals surface area contributed by atoms with E-state index in [2.05, 4.69) is 46.0 Å². The van der Waals surface area contributed by atoms with Crippen molar-refractivity contribution in [1.29, 1.82) is 0 Å². The van der Waals surface area contributed by atoms with E-state index in [0.29, 0.717) is 23.0 Å². The van der Waals surface area contributed by atoms with Crippen LogP contribution in [0.3, 0.4) is 0 Å². The highest BCUT2D eigenvalue weighted by molar-refractivity contribution is 5.52. The third kappa shape index (κ3) is 2.05. The molecule has 1 saturated heterocycles. The molecule has 2 heteroatoms. The third-order valence-corrected chi connectivity index (χ3v) is 8.00. The van der Waals surface area contributed by atoms with Gasteiger partial charge in [0.2, 0.25) is 0 Å². The van der Waals surface area contributed by atoms with Gasteiger partial charge in [0.05, 0.1) is 0 Å². The standard InChI is InChI=1S/C22H33NO/c1-14-11-15-13-18-21(4)8-6-10-23-20(2,3)17(21)7-9-22(18,5)19(15)16(24)12-14/h11-12,17-18,23-24H,6-10,13H2,1-5H3/t17-,18+,21-,22+/m1/s1. The van der Waals surface area contributed by atoms with E-state index in [1.165, 1.54) is 42.4 Å². The van der Waals surface area contributed by atoms with Crippen molar-refractivity contribution in [3.8, 4) is 5.75 Å². The Morgan fingerprint density at radius 2 is 1.83 bits per heavy atom. The Labute approximate surface area is 147 Å². The van der Waals surface area contributed by atoms with Crippen LogP contribution in [0.1, 0.15) is 70.1 Å². The van der Waals surface area contributed by atoms with Crippen LogP contribution in [0.2, 0.25) is 0 Å². The Morgan fingerprint density at radius 1 is 1.08 bits per heavy atom. The van der Waals surface area contributed by atoms with Gasteiger partial charge < -0.3 is 10.4 Å². The Kier molecular flexibility index (Phi) is 3.43. The van der Waals surface area contributed by atoms with E-state index in [0.717, 1.165) is 13.0 Å². The number of nitrogens with one attached hydrogen (secondary N) is 1. The van der Waals surface area contributed by atoms with Gasteiger partial charge in [0.25, 0.3) is 0 Å². The second-order valence-corrected chi connectivity index (χ2v) is 9.84. The van der Waals surface area contributed by atoms with Crippen LogP contribution in [-0.2, 0) is 11.8 Å². The minimum Gasteiger partial charge on any atom is -0.508 e. The fraction of sp³-hybridized carbons (Fsp3) is 0.727. The highest BCUT2D eigenvalue weighted by Crippen LogP contribution is 2.65. The number of aryl methyl sites for hydroxylation is 1. The van der Waals surface area contributed by atoms with Gasteiger partial charge in [-0.3, -0.25) is 0 Å². The Balaban J connectivity index is 1.84. The van der Waals surface area contributed by atoms with Crippen LogP contribution >= 0.6 is 0 Å². The van der Waals surface area contributed by atoms with Gasteiger partial charge in [-0.25, -0.2) is 0 Å². The average molecular weight is 328 g/mol. The lowest BCUT2D eigenvalue weighted by Gasteiger charge is -2.57. The molecule has 2 fully saturated rings. The second-order valence-electron chi connectivity index (χ2n) is 9.84. The first-order valence-corrected chi connectivity index (χ1v) is 9.76. The van der Waals surface area contributed by atoms with Crippen molar-refractivity contribution >= 4 is 0 Å². The van der Waals surface area contributed by atoms with Gasteiger partial charge in [-0.1, -0.05) is 19.9 Å². The van der Waals surface area contributed by atoms with E-state index in [9.17, 15) is 5.11 Å². The molecule has 0 aromatic heterocycles. The molecule has 0 unspecified atom stereocenters. The number of benzene rings is 1. The van der Waals surface area contributed by atoms with Crippen LogP contribution in [0.25, 0.3) is 0 Å². The van der Waals surface area contributed by atoms with E-state index in [-0.39, 0.29) is 11.0 Å². The summed E-state index contributed by atoms with van der Waals surface area (Å²) in [5.41, 5.74) is 4.57. The Bertz CT molecular complexity index is 679. The van der Waals surface area contributed by atoms with Crippen LogP contribution in [0, 0.1) is 24.2 Å². The van der Waals surface area contributed by atoms with Crippen molar-refractivity contribution in [3.63, 3.8) is 0 Å². The zero-order chi connectivity index (χ0) is 17.3. The molecule has 0 spiro atoms. The van der Waals surface area contributed by atoms with Crippen molar-refractivity contribution in [2.75, 3.05) is 6.54 Å². The quantitative estimate of drug-likeness (QED) is 0.723. The van der Waals surface area contributed by atoms with Gasteiger partial charge in [0, 0.05) is 16.5 Å². The molecule has 3 aliphatic rings. The smallest absolute Gasteiger partial charge is 0.119 e. The molecule has 1 aliphatic heterocycles. The summed E-state index contributed by atoms with van der Waals surface area (Å²) in [5, 5.41) is 14.6. The van der Waals surface area contributed by atoms with Gasteiger partial charge >= 0.3 is 0 Å². The molecule has 2 nitrogen and oxygen atoms in total. The zero-order valence-corrected chi connectivity index (χ0v) is 16.0. The van der Waals surface area contributed by atoms with Crippen molar-refractivity contribution in [3.05, 3.63) is 28.8 Å². The Hall–Kier alpha value is -1.02. The minimum atomic E-state index is 0.138. The Morgan fingerprint density at radius 3 is 2.58 bits per heavy atom. The van der Waals surface area contributed by atoms with E-state index < -0.39 is 0 Å². The number of rotatable bonds is 0. The molecular formula is C22H33NO. The number of phenolic OH excluding ortho intramolecular Hbond substituents is 1. The number of fused-ring (bicyclic) bond motifs is 5. The van der Waals surface area contributed by atoms with Crippen LogP contribution in [0.5, 0.6) is 5.75 Å². The fourth-order valence-electron chi connectivity index (χ4n) is 7.09. The fourth-order valence-corrected chi connectivity index (χ4v) is 7.09. The topological polar surface area (TPSA) is 32.3 Å². The lowest BCUT2D eigenvalue weighted by atomic mass is 9.48. The molecule has 1 aromatic carbocycles. The summed E-state index contributed by atoms with van der Waals surface area (Å²) in [4.78, 5) is 0. The number of hydrogen-bond donors (Lipinski definition) is 2. The van der Waals surface area contributed by atoms with E-state index in [4.69, 9.17) is 0 Å². The molecule has 4 rings (SSSR count). The maximum atomic E-state index is 10.7. The van der Waals surface area contributed by atoms with Crippen molar-refractivity contribution in [1.82, 2.24) is 5.32 Å². The van der Waals surface area contributed by atoms with Crippen molar-refractivity contribution in [2.24, 2.45) is 17.3 Å². The molecule has 0 amide bonds. The van der Waals surface area contributed by atoms with E-state index in [1.54, 1.807) is 0 Å². The van der Waals surface area contributed by atoms with Gasteiger partial charge in [0.1, 0.15) is 5.75 Å². The van der Waals surface area contributed by atoms with Gasteiger partial charge in [0.15, 0.2) is 0 Å². The SMILES string of the molecule is Cc1cc(O)c2c(c1)C[C@H]1[C@]3(C)CCCNC(C)(C)[C@H]3CC[C@]21C. The molecule has 0 radical (unpaired) electrons. The summed E-state index contributed by atoms with van der Waals surface area (Å²) in [7, 11) is 0. The minimum absolute atomic E-state index is 0.138. The monoisotopic (exact) mass is 327 g/mol. The summed E-state index contributed by atoms with van der Waals surface area (Å²) in [6.45, 7) is 13.1. The highest BCUT2D eigenvalue weighted by atomic mass is 16.3. The van der Waals surface area contributed by atoms with E-state index in [1.807, 2.05) is 6.07 Å². The third-order valence-electron chi connectivity index (χ3n) is 8.00. The largest absolute Gasteiger partial charge is 0.508 e. The maximum absolute atomic E-state index is 10.7. The summed E-state index contributed by atoms with van der Waals surface area (Å²) >= 11 is 0. The second kappa shape index (κ2) is 5.00. The molecule has 4 atom stereocenters. The first kappa shape index (κ1) is 16.4. The summed E-state index contributed by atoms with van der Waals surface area (Å²) in [6, 6.07) is 4.30. The summed E-state index contributed by atoms with van der Waals surface area (Å²) < 4.78 is 0. The normalized spacial score (nSPS) is 40.4. The lowest BCUT2D eigenvalue weighted by Crippen LogP contribution is -2.57. The maximum Gasteiger partial charge on any atom is 0.119 e. The molecule has 132 valence electrons. The lowest BCUT2D eigenvalue weighted by molar-refractivity contribution is -0.0421. The molecule has 1 aromatic rings. The molecule has 1 heterocycles. The summed E-state index contributed by atoms with van der Waals surface area (Å²) in [6.07, 6.45) is 6.18. The van der Waals surface area contributed by atoms with Crippen LogP contribution in [-0.4, -0.2) is 17.2 Å². The number of phenols is 1. The molecule has 24 heavy (non-hydrogen) atoms. The van der Waals surface area contributed by atoms with Crippen LogP contribution in [0.15, 0.2) is 12.1 Å². The first-order chi connectivity index (χ1) is 11.2. The molecule has 2 aliphatic carbocycles. The molecular weight excluding hydrogens is 294 g/mol. The van der Waals surface area contributed by atoms with Gasteiger partial charge in [-0.05, 0) is 93.9 Å². The van der Waals surface area contributed by atoms with Crippen LogP contribution in [0.4, 0.5) is 0 Å². The predicted octanol–water partition coefficient (Wildman–Crippen LogP) is 4.71. The summed E-state index contributed by atoms with van der Waals surface area (Å²) in [5.74, 6) is 1.90. The predicted molar refractivity (Wildman–Crippen MR) is 99.5 cm³/mol. The van der Waals surface area contributed by atoms with E-state index >= 15 is 0 Å². The highest BCUT2D eigenvalue weighted by Gasteiger charge is 2.60. The van der Waals surface area contributed by atoms with Gasteiger partial charge in [-0.15, -0.1) is 0 Å². The zero-order valence-electron chi connectivity index (χ0n) is 16.0. The van der Waals surface area contributed by atoms with Gasteiger partial charge in [-0.2, -0.15) is 0 Å². The number of aromatic hydroxyl groups is 1. The average Bonchev–Trinajstić information content (AvgIpc) is 2.71. The van der Waals surface area contributed by atoms with Crippen molar-refractivity contribution < 1.29 is 5.11 Å². The molecule has 2 N–H and O–H groups in total. The molecule has 1 saturated carbocycles. The molecule has 0 bridgehead atoms. The first-order valence-electron chi connectivity index (χ1n) is 9.76. The van der Waals surface area contributed by atoms with Crippen LogP contribution < -0.4 is 5.32 Å². The number of hydrogen-bond acceptors (Lipinski definition) is 2. The van der Waals surface area contributed by atoms with Crippen molar-refractivity contribution in [2.45, 2.75) is 77.7 Å².